The summed E-state index contributed by atoms with van der Waals surface area (Å²) in [5.74, 6) is 1.83. The third-order valence-electron chi connectivity index (χ3n) is 5.19. The quantitative estimate of drug-likeness (QED) is 0.350. The van der Waals surface area contributed by atoms with Crippen molar-refractivity contribution in [3.8, 4) is 17.2 Å². The van der Waals surface area contributed by atoms with Crippen LogP contribution in [0, 0.1) is 13.8 Å². The van der Waals surface area contributed by atoms with Gasteiger partial charge in [-0.05, 0) is 73.0 Å². The minimum Gasteiger partial charge on any atom is -0.496 e. The average molecular weight is 396 g/mol. The van der Waals surface area contributed by atoms with E-state index >= 15 is 0 Å². The van der Waals surface area contributed by atoms with Crippen molar-refractivity contribution < 1.29 is 13.6 Å². The Hall–Kier alpha value is -3.86. The molecular weight excluding hydrogens is 376 g/mol. The van der Waals surface area contributed by atoms with Crippen LogP contribution in [0.25, 0.3) is 45.8 Å². The summed E-state index contributed by atoms with van der Waals surface area (Å²) < 4.78 is 17.3. The Bertz CT molecular complexity index is 1370. The average Bonchev–Trinajstić information content (AvgIpc) is 3.35. The topological polar surface area (TPSA) is 61.3 Å². The summed E-state index contributed by atoms with van der Waals surface area (Å²) in [6.07, 6.45) is 3.82. The zero-order chi connectivity index (χ0) is 20.7. The minimum atomic E-state index is 0.535. The molecule has 0 saturated heterocycles. The molecule has 0 aliphatic heterocycles. The number of nitrogens with zero attached hydrogens (tertiary/aromatic N) is 2. The molecular formula is C25H20N2O3. The molecule has 5 heteroatoms. The fraction of sp³-hybridized carbons (Fsp3) is 0.120. The molecule has 5 nitrogen and oxygen atoms in total. The lowest BCUT2D eigenvalue weighted by Crippen LogP contribution is -1.86. The molecule has 0 atom stereocenters. The van der Waals surface area contributed by atoms with E-state index in [-0.39, 0.29) is 0 Å². The lowest BCUT2D eigenvalue weighted by molar-refractivity contribution is 0.414. The number of hydrogen-bond donors (Lipinski definition) is 0. The third-order valence-corrected chi connectivity index (χ3v) is 5.19. The van der Waals surface area contributed by atoms with Crippen molar-refractivity contribution in [2.75, 3.05) is 7.11 Å². The Balaban J connectivity index is 1.46. The summed E-state index contributed by atoms with van der Waals surface area (Å²) in [5, 5.41) is 0. The largest absolute Gasteiger partial charge is 0.496 e. The number of rotatable bonds is 4. The molecule has 0 aliphatic rings. The van der Waals surface area contributed by atoms with Gasteiger partial charge in [0.25, 0.3) is 0 Å². The Labute approximate surface area is 173 Å². The van der Waals surface area contributed by atoms with E-state index in [1.807, 2.05) is 66.7 Å². The molecule has 0 radical (unpaired) electrons. The maximum atomic E-state index is 6.00. The van der Waals surface area contributed by atoms with E-state index in [9.17, 15) is 0 Å². The van der Waals surface area contributed by atoms with Crippen LogP contribution in [0.4, 0.5) is 0 Å². The van der Waals surface area contributed by atoms with E-state index < -0.39 is 0 Å². The lowest BCUT2D eigenvalue weighted by atomic mass is 10.1. The second-order valence-corrected chi connectivity index (χ2v) is 7.24. The monoisotopic (exact) mass is 396 g/mol. The van der Waals surface area contributed by atoms with Crippen molar-refractivity contribution in [2.45, 2.75) is 13.8 Å². The standard InChI is InChI=1S/C25H20N2O3/c1-15-12-20-22(13-16(15)2)29-24(26-20)11-9-17-8-10-19-23(14-17)30-25(27-19)18-6-4-5-7-21(18)28-3/h4-14H,1-3H3. The first-order valence-corrected chi connectivity index (χ1v) is 9.70. The number of hydrogen-bond acceptors (Lipinski definition) is 5. The molecule has 0 saturated carbocycles. The van der Waals surface area contributed by atoms with Crippen LogP contribution in [-0.4, -0.2) is 17.1 Å². The summed E-state index contributed by atoms with van der Waals surface area (Å²) in [7, 11) is 1.64. The molecule has 3 aromatic carbocycles. The van der Waals surface area contributed by atoms with Crippen molar-refractivity contribution in [3.63, 3.8) is 0 Å². The lowest BCUT2D eigenvalue weighted by Gasteiger charge is -2.03. The van der Waals surface area contributed by atoms with E-state index in [4.69, 9.17) is 13.6 Å². The fourth-order valence-corrected chi connectivity index (χ4v) is 3.42. The van der Waals surface area contributed by atoms with Gasteiger partial charge in [0.1, 0.15) is 16.8 Å². The number of benzene rings is 3. The van der Waals surface area contributed by atoms with E-state index in [1.54, 1.807) is 7.11 Å². The number of ether oxygens (including phenoxy) is 1. The van der Waals surface area contributed by atoms with Crippen LogP contribution in [0.1, 0.15) is 22.6 Å². The van der Waals surface area contributed by atoms with Crippen LogP contribution in [0.15, 0.2) is 63.4 Å². The van der Waals surface area contributed by atoms with Gasteiger partial charge < -0.3 is 13.6 Å². The van der Waals surface area contributed by atoms with E-state index in [2.05, 4.69) is 23.8 Å². The Morgan fingerprint density at radius 2 is 1.60 bits per heavy atom. The van der Waals surface area contributed by atoms with Crippen molar-refractivity contribution in [2.24, 2.45) is 0 Å². The van der Waals surface area contributed by atoms with Gasteiger partial charge in [0.15, 0.2) is 11.2 Å². The van der Waals surface area contributed by atoms with E-state index in [1.165, 1.54) is 11.1 Å². The summed E-state index contributed by atoms with van der Waals surface area (Å²) in [5.41, 5.74) is 7.35. The predicted molar refractivity (Wildman–Crippen MR) is 118 cm³/mol. The van der Waals surface area contributed by atoms with Crippen LogP contribution in [0.5, 0.6) is 5.75 Å². The zero-order valence-electron chi connectivity index (χ0n) is 17.0. The van der Waals surface area contributed by atoms with Gasteiger partial charge in [0, 0.05) is 6.08 Å². The Kier molecular flexibility index (Phi) is 4.36. The molecule has 148 valence electrons. The molecule has 5 aromatic rings. The molecule has 0 amide bonds. The molecule has 2 aromatic heterocycles. The molecule has 0 N–H and O–H groups in total. The molecule has 2 heterocycles. The highest BCUT2D eigenvalue weighted by molar-refractivity contribution is 5.82. The number of oxazole rings is 2. The first-order chi connectivity index (χ1) is 14.6. The summed E-state index contributed by atoms with van der Waals surface area (Å²) >= 11 is 0. The fourth-order valence-electron chi connectivity index (χ4n) is 3.42. The normalized spacial score (nSPS) is 11.7. The summed E-state index contributed by atoms with van der Waals surface area (Å²) in [4.78, 5) is 9.15. The third kappa shape index (κ3) is 3.24. The van der Waals surface area contributed by atoms with Crippen molar-refractivity contribution in [3.05, 3.63) is 77.2 Å². The summed E-state index contributed by atoms with van der Waals surface area (Å²) in [6.45, 7) is 4.14. The highest BCUT2D eigenvalue weighted by Gasteiger charge is 2.12. The van der Waals surface area contributed by atoms with Crippen LogP contribution in [0.3, 0.4) is 0 Å². The second-order valence-electron chi connectivity index (χ2n) is 7.24. The SMILES string of the molecule is COc1ccccc1-c1nc2ccc(C=Cc3nc4cc(C)c(C)cc4o3)cc2o1. The van der Waals surface area contributed by atoms with Gasteiger partial charge in [-0.2, -0.15) is 0 Å². The Morgan fingerprint density at radius 1 is 0.800 bits per heavy atom. The van der Waals surface area contributed by atoms with Gasteiger partial charge in [0.05, 0.1) is 12.7 Å². The number of para-hydroxylation sites is 1. The number of aryl methyl sites for hydroxylation is 2. The first-order valence-electron chi connectivity index (χ1n) is 9.70. The van der Waals surface area contributed by atoms with E-state index in [0.717, 1.165) is 33.5 Å². The van der Waals surface area contributed by atoms with Crippen LogP contribution < -0.4 is 4.74 Å². The number of aromatic nitrogens is 2. The van der Waals surface area contributed by atoms with Crippen molar-refractivity contribution in [1.82, 2.24) is 9.97 Å². The maximum absolute atomic E-state index is 6.00. The second kappa shape index (κ2) is 7.19. The molecule has 5 rings (SSSR count). The van der Waals surface area contributed by atoms with Gasteiger partial charge in [-0.1, -0.05) is 18.2 Å². The van der Waals surface area contributed by atoms with E-state index in [0.29, 0.717) is 17.4 Å². The van der Waals surface area contributed by atoms with Crippen LogP contribution in [-0.2, 0) is 0 Å². The van der Waals surface area contributed by atoms with Crippen molar-refractivity contribution >= 4 is 34.4 Å². The molecule has 0 aliphatic carbocycles. The van der Waals surface area contributed by atoms with Crippen molar-refractivity contribution in [1.29, 1.82) is 0 Å². The Morgan fingerprint density at radius 3 is 2.47 bits per heavy atom. The first kappa shape index (κ1) is 18.2. The summed E-state index contributed by atoms with van der Waals surface area (Å²) in [6, 6.07) is 17.6. The molecule has 0 fully saturated rings. The molecule has 30 heavy (non-hydrogen) atoms. The molecule has 0 spiro atoms. The maximum Gasteiger partial charge on any atom is 0.231 e. The molecule has 0 bridgehead atoms. The zero-order valence-corrected chi connectivity index (χ0v) is 17.0. The smallest absolute Gasteiger partial charge is 0.231 e. The predicted octanol–water partition coefficient (Wildman–Crippen LogP) is 6.43. The van der Waals surface area contributed by atoms with Crippen LogP contribution in [0.2, 0.25) is 0 Å². The van der Waals surface area contributed by atoms with Gasteiger partial charge in [-0.15, -0.1) is 0 Å². The van der Waals surface area contributed by atoms with Crippen LogP contribution >= 0.6 is 0 Å². The highest BCUT2D eigenvalue weighted by atomic mass is 16.5. The molecule has 0 unspecified atom stereocenters. The number of fused-ring (bicyclic) bond motifs is 2. The van der Waals surface area contributed by atoms with Gasteiger partial charge in [-0.3, -0.25) is 0 Å². The van der Waals surface area contributed by atoms with Gasteiger partial charge in [0.2, 0.25) is 11.8 Å². The van der Waals surface area contributed by atoms with Gasteiger partial charge in [-0.25, -0.2) is 9.97 Å². The van der Waals surface area contributed by atoms with Gasteiger partial charge >= 0.3 is 0 Å². The number of methoxy groups -OCH3 is 1. The highest BCUT2D eigenvalue weighted by Crippen LogP contribution is 2.32. The minimum absolute atomic E-state index is 0.535.